The molecule has 2 saturated heterocycles. The van der Waals surface area contributed by atoms with Crippen molar-refractivity contribution in [2.45, 2.75) is 32.3 Å². The highest BCUT2D eigenvalue weighted by molar-refractivity contribution is 5.38. The molecule has 2 aliphatic rings. The quantitative estimate of drug-likeness (QED) is 0.688. The summed E-state index contributed by atoms with van der Waals surface area (Å²) in [4.78, 5) is 5.04. The molecule has 0 N–H and O–H groups in total. The third kappa shape index (κ3) is 5.36. The molecule has 1 aromatic heterocycles. The van der Waals surface area contributed by atoms with E-state index in [9.17, 15) is 8.78 Å². The third-order valence-electron chi connectivity index (χ3n) is 6.05. The van der Waals surface area contributed by atoms with E-state index < -0.39 is 6.61 Å². The molecule has 0 saturated carbocycles. The number of aromatic nitrogens is 2. The molecule has 2 aliphatic heterocycles. The highest BCUT2D eigenvalue weighted by atomic mass is 19.3. The lowest BCUT2D eigenvalue weighted by Crippen LogP contribution is -2.43. The molecule has 0 aliphatic carbocycles. The van der Waals surface area contributed by atoms with E-state index in [1.165, 1.54) is 0 Å². The minimum Gasteiger partial charge on any atom is -0.435 e. The molecule has 164 valence electrons. The lowest BCUT2D eigenvalue weighted by molar-refractivity contribution is -0.0498. The second-order valence-corrected chi connectivity index (χ2v) is 8.06. The van der Waals surface area contributed by atoms with Gasteiger partial charge in [-0.3, -0.25) is 4.90 Å². The molecule has 6 nitrogen and oxygen atoms in total. The van der Waals surface area contributed by atoms with E-state index in [1.54, 1.807) is 24.3 Å². The highest BCUT2D eigenvalue weighted by Gasteiger charge is 2.24. The number of halogens is 2. The zero-order valence-electron chi connectivity index (χ0n) is 17.5. The number of morpholine rings is 1. The molecule has 0 atom stereocenters. The minimum atomic E-state index is -2.81. The maximum Gasteiger partial charge on any atom is 0.387 e. The van der Waals surface area contributed by atoms with Crippen molar-refractivity contribution in [2.24, 2.45) is 0 Å². The van der Waals surface area contributed by atoms with Crippen LogP contribution in [-0.4, -0.2) is 78.7 Å². The van der Waals surface area contributed by atoms with Gasteiger partial charge in [0.25, 0.3) is 0 Å². The molecule has 0 spiro atoms. The van der Waals surface area contributed by atoms with Crippen LogP contribution in [0.15, 0.2) is 30.3 Å². The zero-order chi connectivity index (χ0) is 20.9. The van der Waals surface area contributed by atoms with E-state index in [0.29, 0.717) is 5.92 Å². The third-order valence-corrected chi connectivity index (χ3v) is 6.05. The van der Waals surface area contributed by atoms with Crippen LogP contribution in [0.3, 0.4) is 0 Å². The smallest absolute Gasteiger partial charge is 0.387 e. The van der Waals surface area contributed by atoms with Crippen molar-refractivity contribution in [2.75, 3.05) is 52.5 Å². The normalized spacial score (nSPS) is 19.5. The van der Waals surface area contributed by atoms with Crippen molar-refractivity contribution < 1.29 is 18.3 Å². The van der Waals surface area contributed by atoms with Gasteiger partial charge in [0.2, 0.25) is 0 Å². The van der Waals surface area contributed by atoms with Gasteiger partial charge in [0.05, 0.1) is 24.6 Å². The fourth-order valence-corrected chi connectivity index (χ4v) is 4.29. The monoisotopic (exact) mass is 420 g/mol. The number of hydrogen-bond acceptors (Lipinski definition) is 5. The molecule has 8 heteroatoms. The summed E-state index contributed by atoms with van der Waals surface area (Å²) >= 11 is 0. The minimum absolute atomic E-state index is 0.156. The van der Waals surface area contributed by atoms with Gasteiger partial charge in [-0.25, -0.2) is 4.68 Å². The Morgan fingerprint density at radius 3 is 2.30 bits per heavy atom. The molecule has 0 bridgehead atoms. The van der Waals surface area contributed by atoms with Crippen LogP contribution in [0.2, 0.25) is 0 Å². The van der Waals surface area contributed by atoms with Crippen LogP contribution in [0.5, 0.6) is 5.75 Å². The van der Waals surface area contributed by atoms with Gasteiger partial charge in [-0.15, -0.1) is 0 Å². The SMILES string of the molecule is Cc1cc(C2CCN(CCN3CCOCC3)CC2)nn1-c1ccc(OC(F)F)cc1. The first-order chi connectivity index (χ1) is 14.6. The van der Waals surface area contributed by atoms with Gasteiger partial charge >= 0.3 is 6.61 Å². The number of nitrogens with zero attached hydrogens (tertiary/aromatic N) is 4. The number of ether oxygens (including phenoxy) is 2. The number of piperidine rings is 1. The molecule has 2 fully saturated rings. The number of rotatable bonds is 7. The number of hydrogen-bond donors (Lipinski definition) is 0. The van der Waals surface area contributed by atoms with Gasteiger partial charge in [-0.2, -0.15) is 13.9 Å². The molecule has 0 radical (unpaired) electrons. The molecule has 3 heterocycles. The van der Waals surface area contributed by atoms with Crippen LogP contribution in [0.4, 0.5) is 8.78 Å². The van der Waals surface area contributed by atoms with E-state index in [1.807, 2.05) is 11.6 Å². The van der Waals surface area contributed by atoms with Crippen LogP contribution >= 0.6 is 0 Å². The number of aryl methyl sites for hydroxylation is 1. The van der Waals surface area contributed by atoms with Crippen molar-refractivity contribution in [3.8, 4) is 11.4 Å². The molecule has 30 heavy (non-hydrogen) atoms. The summed E-state index contributed by atoms with van der Waals surface area (Å²) in [5.74, 6) is 0.620. The second-order valence-electron chi connectivity index (χ2n) is 8.06. The van der Waals surface area contributed by atoms with Gasteiger partial charge in [0, 0.05) is 37.8 Å². The average Bonchev–Trinajstić information content (AvgIpc) is 3.15. The molecule has 1 aromatic carbocycles. The fourth-order valence-electron chi connectivity index (χ4n) is 4.29. The lowest BCUT2D eigenvalue weighted by atomic mass is 9.93. The number of likely N-dealkylation sites (tertiary alicyclic amines) is 1. The van der Waals surface area contributed by atoms with E-state index in [-0.39, 0.29) is 5.75 Å². The highest BCUT2D eigenvalue weighted by Crippen LogP contribution is 2.29. The van der Waals surface area contributed by atoms with Crippen LogP contribution in [0.1, 0.15) is 30.1 Å². The number of alkyl halides is 2. The Hall–Kier alpha value is -2.03. The first-order valence-corrected chi connectivity index (χ1v) is 10.7. The molecule has 0 amide bonds. The van der Waals surface area contributed by atoms with Crippen molar-refractivity contribution in [3.63, 3.8) is 0 Å². The Labute approximate surface area is 176 Å². The van der Waals surface area contributed by atoms with Gasteiger partial charge < -0.3 is 14.4 Å². The molecule has 0 unspecified atom stereocenters. The van der Waals surface area contributed by atoms with Gasteiger partial charge in [-0.05, 0) is 63.2 Å². The van der Waals surface area contributed by atoms with E-state index in [4.69, 9.17) is 9.84 Å². The second kappa shape index (κ2) is 9.85. The van der Waals surface area contributed by atoms with Crippen molar-refractivity contribution in [3.05, 3.63) is 41.7 Å². The molecule has 2 aromatic rings. The van der Waals surface area contributed by atoms with Gasteiger partial charge in [0.15, 0.2) is 0 Å². The summed E-state index contributed by atoms with van der Waals surface area (Å²) in [5, 5.41) is 4.83. The summed E-state index contributed by atoms with van der Waals surface area (Å²) in [5.41, 5.74) is 3.01. The Morgan fingerprint density at radius 2 is 1.67 bits per heavy atom. The van der Waals surface area contributed by atoms with Crippen molar-refractivity contribution in [1.29, 1.82) is 0 Å². The maximum absolute atomic E-state index is 12.3. The lowest BCUT2D eigenvalue weighted by Gasteiger charge is -2.34. The van der Waals surface area contributed by atoms with Crippen LogP contribution < -0.4 is 4.74 Å². The maximum atomic E-state index is 12.3. The van der Waals surface area contributed by atoms with Crippen LogP contribution in [0, 0.1) is 6.92 Å². The van der Waals surface area contributed by atoms with E-state index >= 15 is 0 Å². The fraction of sp³-hybridized carbons (Fsp3) is 0.591. The summed E-state index contributed by atoms with van der Waals surface area (Å²) in [7, 11) is 0. The van der Waals surface area contributed by atoms with Crippen molar-refractivity contribution in [1.82, 2.24) is 19.6 Å². The Balaban J connectivity index is 1.31. The van der Waals surface area contributed by atoms with E-state index in [0.717, 1.165) is 82.4 Å². The van der Waals surface area contributed by atoms with Crippen molar-refractivity contribution >= 4 is 0 Å². The van der Waals surface area contributed by atoms with Gasteiger partial charge in [-0.1, -0.05) is 0 Å². The molecular formula is C22H30F2N4O2. The first-order valence-electron chi connectivity index (χ1n) is 10.7. The zero-order valence-corrected chi connectivity index (χ0v) is 17.5. The van der Waals surface area contributed by atoms with Crippen LogP contribution in [-0.2, 0) is 4.74 Å². The average molecular weight is 421 g/mol. The summed E-state index contributed by atoms with van der Waals surface area (Å²) in [6.07, 6.45) is 2.22. The Morgan fingerprint density at radius 1 is 1.03 bits per heavy atom. The Bertz CT molecular complexity index is 798. The first kappa shape index (κ1) is 21.2. The largest absolute Gasteiger partial charge is 0.435 e. The topological polar surface area (TPSA) is 42.8 Å². The predicted molar refractivity (Wildman–Crippen MR) is 111 cm³/mol. The molecule has 4 rings (SSSR count). The summed E-state index contributed by atoms with van der Waals surface area (Å²) < 4.78 is 36.4. The van der Waals surface area contributed by atoms with E-state index in [2.05, 4.69) is 20.6 Å². The van der Waals surface area contributed by atoms with Gasteiger partial charge in [0.1, 0.15) is 5.75 Å². The summed E-state index contributed by atoms with van der Waals surface area (Å²) in [6, 6.07) is 8.77. The Kier molecular flexibility index (Phi) is 6.97. The van der Waals surface area contributed by atoms with Crippen LogP contribution in [0.25, 0.3) is 5.69 Å². The summed E-state index contributed by atoms with van der Waals surface area (Å²) in [6.45, 7) is 7.44. The standard InChI is InChI=1S/C22H30F2N4O2/c1-17-16-21(25-28(17)19-2-4-20(5-3-19)30-22(23)24)18-6-8-26(9-7-18)10-11-27-12-14-29-15-13-27/h2-5,16,18,22H,6-15H2,1H3. The molecular weight excluding hydrogens is 390 g/mol. The predicted octanol–water partition coefficient (Wildman–Crippen LogP) is 3.29. The number of benzene rings is 1.